The van der Waals surface area contributed by atoms with Crippen LogP contribution in [0.25, 0.3) is 0 Å². The van der Waals surface area contributed by atoms with Crippen LogP contribution in [0.1, 0.15) is 20.7 Å². The Bertz CT molecular complexity index is 491. The minimum atomic E-state index is -0.215. The quantitative estimate of drug-likeness (QED) is 0.602. The van der Waals surface area contributed by atoms with Crippen LogP contribution < -0.4 is 10.2 Å². The standard InChI is InChI=1S/2C7H6O2.Pd/c2*8-5-6-3-1-2-4-7(6)9;/h2*1-5,9H;/q;;+2/p-2. The molecule has 19 heavy (non-hydrogen) atoms. The van der Waals surface area contributed by atoms with E-state index in [0.29, 0.717) is 12.6 Å². The van der Waals surface area contributed by atoms with E-state index in [0.717, 1.165) is 0 Å². The number of hydrogen-bond acceptors (Lipinski definition) is 4. The van der Waals surface area contributed by atoms with Crippen molar-refractivity contribution in [3.8, 4) is 11.5 Å². The third-order valence-corrected chi connectivity index (χ3v) is 2.09. The van der Waals surface area contributed by atoms with Gasteiger partial charge in [0.1, 0.15) is 12.6 Å². The average Bonchev–Trinajstić information content (AvgIpc) is 2.41. The minimum Gasteiger partial charge on any atom is -0.872 e. The van der Waals surface area contributed by atoms with E-state index in [1.807, 2.05) is 0 Å². The number of rotatable bonds is 2. The fourth-order valence-electron chi connectivity index (χ4n) is 1.16. The van der Waals surface area contributed by atoms with Gasteiger partial charge in [-0.25, -0.2) is 0 Å². The first-order chi connectivity index (χ1) is 8.69. The molecule has 0 spiro atoms. The van der Waals surface area contributed by atoms with Crippen LogP contribution in [0.4, 0.5) is 0 Å². The molecule has 0 saturated heterocycles. The molecule has 0 unspecified atom stereocenters. The van der Waals surface area contributed by atoms with Gasteiger partial charge < -0.3 is 10.2 Å². The maximum Gasteiger partial charge on any atom is 2.00 e. The molecule has 0 aromatic heterocycles. The molecule has 0 amide bonds. The summed E-state index contributed by atoms with van der Waals surface area (Å²) in [4.78, 5) is 20.1. The monoisotopic (exact) mass is 348 g/mol. The number of hydrogen-bond donors (Lipinski definition) is 0. The van der Waals surface area contributed by atoms with Crippen LogP contribution >= 0.6 is 0 Å². The SMILES string of the molecule is O=Cc1ccccc1[O-].O=Cc1ccccc1[O-].[Pd+2]. The van der Waals surface area contributed by atoms with Crippen molar-refractivity contribution in [1.82, 2.24) is 0 Å². The van der Waals surface area contributed by atoms with Crippen molar-refractivity contribution in [3.05, 3.63) is 59.7 Å². The molecule has 100 valence electrons. The smallest absolute Gasteiger partial charge is 0.872 e. The van der Waals surface area contributed by atoms with Gasteiger partial charge in [-0.1, -0.05) is 60.0 Å². The molecule has 0 saturated carbocycles. The Morgan fingerprint density at radius 2 is 1.00 bits per heavy atom. The van der Waals surface area contributed by atoms with Crippen LogP contribution in [0.15, 0.2) is 48.5 Å². The zero-order valence-corrected chi connectivity index (χ0v) is 11.3. The van der Waals surface area contributed by atoms with Crippen molar-refractivity contribution < 1.29 is 40.2 Å². The van der Waals surface area contributed by atoms with Gasteiger partial charge in [0.15, 0.2) is 0 Å². The molecular weight excluding hydrogens is 339 g/mol. The second-order valence-corrected chi connectivity index (χ2v) is 3.31. The largest absolute Gasteiger partial charge is 2.00 e. The molecule has 2 aromatic rings. The van der Waals surface area contributed by atoms with Crippen LogP contribution in [0.3, 0.4) is 0 Å². The number of benzene rings is 2. The first kappa shape index (κ1) is 17.0. The Labute approximate surface area is 124 Å². The van der Waals surface area contributed by atoms with Crippen molar-refractivity contribution in [2.45, 2.75) is 0 Å². The van der Waals surface area contributed by atoms with Gasteiger partial charge in [-0.2, -0.15) is 0 Å². The van der Waals surface area contributed by atoms with Crippen LogP contribution in [0, 0.1) is 0 Å². The molecule has 2 aromatic carbocycles. The zero-order valence-electron chi connectivity index (χ0n) is 9.72. The van der Waals surface area contributed by atoms with Gasteiger partial charge in [0.25, 0.3) is 0 Å². The van der Waals surface area contributed by atoms with Gasteiger partial charge in [-0.15, -0.1) is 0 Å². The fourth-order valence-corrected chi connectivity index (χ4v) is 1.16. The molecule has 0 aliphatic heterocycles. The van der Waals surface area contributed by atoms with Crippen molar-refractivity contribution >= 4 is 12.6 Å². The second kappa shape index (κ2) is 9.04. The summed E-state index contributed by atoms with van der Waals surface area (Å²) in [6, 6.07) is 12.2. The molecule has 0 aliphatic carbocycles. The maximum atomic E-state index is 10.6. The molecule has 0 bridgehead atoms. The van der Waals surface area contributed by atoms with Crippen molar-refractivity contribution in [2.75, 3.05) is 0 Å². The van der Waals surface area contributed by atoms with Gasteiger partial charge in [-0.05, 0) is 0 Å². The summed E-state index contributed by atoms with van der Waals surface area (Å²) >= 11 is 0. The molecule has 5 heteroatoms. The maximum absolute atomic E-state index is 10.6. The van der Waals surface area contributed by atoms with E-state index in [1.54, 1.807) is 24.3 Å². The summed E-state index contributed by atoms with van der Waals surface area (Å²) < 4.78 is 0. The van der Waals surface area contributed by atoms with Gasteiger partial charge in [0.05, 0.1) is 0 Å². The Morgan fingerprint density at radius 3 is 1.21 bits per heavy atom. The van der Waals surface area contributed by atoms with E-state index in [9.17, 15) is 19.8 Å². The first-order valence-corrected chi connectivity index (χ1v) is 5.11. The molecule has 0 radical (unpaired) electrons. The fraction of sp³-hybridized carbons (Fsp3) is 0. The Hall–Kier alpha value is -1.96. The minimum absolute atomic E-state index is 0. The third-order valence-electron chi connectivity index (χ3n) is 2.09. The number of carbonyl (C=O) groups is 2. The number of para-hydroxylation sites is 2. The predicted molar refractivity (Wildman–Crippen MR) is 62.6 cm³/mol. The molecule has 0 heterocycles. The van der Waals surface area contributed by atoms with Crippen LogP contribution in [-0.2, 0) is 20.4 Å². The van der Waals surface area contributed by atoms with E-state index in [-0.39, 0.29) is 43.0 Å². The topological polar surface area (TPSA) is 80.3 Å². The molecular formula is C14H10O4Pd. The van der Waals surface area contributed by atoms with E-state index in [4.69, 9.17) is 0 Å². The van der Waals surface area contributed by atoms with E-state index >= 15 is 0 Å². The molecule has 0 N–H and O–H groups in total. The summed E-state index contributed by atoms with van der Waals surface area (Å²) in [5.41, 5.74) is 0.440. The Balaban J connectivity index is 0.000000324. The normalized spacial score (nSPS) is 8.42. The molecule has 4 nitrogen and oxygen atoms in total. The molecule has 0 atom stereocenters. The Kier molecular flexibility index (Phi) is 8.11. The van der Waals surface area contributed by atoms with Gasteiger partial charge in [-0.3, -0.25) is 9.59 Å². The van der Waals surface area contributed by atoms with Gasteiger partial charge in [0.2, 0.25) is 0 Å². The zero-order chi connectivity index (χ0) is 13.4. The molecule has 0 aliphatic rings. The first-order valence-electron chi connectivity index (χ1n) is 5.11. The van der Waals surface area contributed by atoms with Gasteiger partial charge >= 0.3 is 20.4 Å². The summed E-state index contributed by atoms with van der Waals surface area (Å²) in [5.74, 6) is -0.431. The van der Waals surface area contributed by atoms with E-state index in [2.05, 4.69) is 0 Å². The predicted octanol–water partition coefficient (Wildman–Crippen LogP) is 1.14. The molecule has 0 fully saturated rings. The van der Waals surface area contributed by atoms with Crippen molar-refractivity contribution in [2.24, 2.45) is 0 Å². The Morgan fingerprint density at radius 1 is 0.684 bits per heavy atom. The summed E-state index contributed by atoms with van der Waals surface area (Å²) in [6.45, 7) is 0. The van der Waals surface area contributed by atoms with Crippen molar-refractivity contribution in [1.29, 1.82) is 0 Å². The van der Waals surface area contributed by atoms with Crippen LogP contribution in [-0.4, -0.2) is 12.6 Å². The summed E-state index contributed by atoms with van der Waals surface area (Å²) in [7, 11) is 0. The van der Waals surface area contributed by atoms with E-state index < -0.39 is 0 Å². The number of carbonyl (C=O) groups excluding carboxylic acids is 2. The van der Waals surface area contributed by atoms with E-state index in [1.165, 1.54) is 24.3 Å². The molecule has 2 rings (SSSR count). The number of aldehydes is 2. The third kappa shape index (κ3) is 5.47. The van der Waals surface area contributed by atoms with Crippen LogP contribution in [0.2, 0.25) is 0 Å². The van der Waals surface area contributed by atoms with Crippen LogP contribution in [0.5, 0.6) is 11.5 Å². The van der Waals surface area contributed by atoms with Gasteiger partial charge in [0, 0.05) is 11.1 Å². The van der Waals surface area contributed by atoms with Crippen molar-refractivity contribution in [3.63, 3.8) is 0 Å². The average molecular weight is 349 g/mol. The summed E-state index contributed by atoms with van der Waals surface area (Å²) in [6.07, 6.45) is 1.12. The summed E-state index contributed by atoms with van der Waals surface area (Å²) in [5, 5.41) is 21.2. The second-order valence-electron chi connectivity index (χ2n) is 3.31.